The van der Waals surface area contributed by atoms with Crippen molar-refractivity contribution < 1.29 is 0 Å². The van der Waals surface area contributed by atoms with Gasteiger partial charge >= 0.3 is 0 Å². The Morgan fingerprint density at radius 1 is 1.25 bits per heavy atom. The molecule has 0 N–H and O–H groups in total. The predicted octanol–water partition coefficient (Wildman–Crippen LogP) is 2.80. The van der Waals surface area contributed by atoms with E-state index in [2.05, 4.69) is 52.4 Å². The van der Waals surface area contributed by atoms with Crippen LogP contribution in [0.4, 0.5) is 0 Å². The van der Waals surface area contributed by atoms with E-state index in [0.717, 1.165) is 22.5 Å². The molecule has 5 nitrogen and oxygen atoms in total. The number of hydrogen-bond acceptors (Lipinski definition) is 3. The third-order valence-electron chi connectivity index (χ3n) is 4.13. The van der Waals surface area contributed by atoms with Crippen LogP contribution in [0.25, 0.3) is 11.3 Å². The van der Waals surface area contributed by atoms with E-state index in [0.29, 0.717) is 12.5 Å². The van der Waals surface area contributed by atoms with Gasteiger partial charge in [0.2, 0.25) is 0 Å². The Hall–Kier alpha value is -2.87. The quantitative estimate of drug-likeness (QED) is 0.698. The lowest BCUT2D eigenvalue weighted by molar-refractivity contribution is 0.624. The van der Waals surface area contributed by atoms with E-state index in [1.807, 2.05) is 30.2 Å². The molecule has 0 atom stereocenters. The van der Waals surface area contributed by atoms with E-state index in [-0.39, 0.29) is 0 Å². The molecule has 0 spiro atoms. The normalized spacial score (nSPS) is 13.6. The Balaban J connectivity index is 1.54. The molecule has 0 aliphatic heterocycles. The molecular weight excluding hydrogens is 298 g/mol. The van der Waals surface area contributed by atoms with Crippen molar-refractivity contribution in [2.45, 2.75) is 26.3 Å². The summed E-state index contributed by atoms with van der Waals surface area (Å²) in [6.07, 6.45) is 6.40. The molecule has 1 aliphatic carbocycles. The lowest BCUT2D eigenvalue weighted by atomic mass is 10.0. The summed E-state index contributed by atoms with van der Waals surface area (Å²) in [4.78, 5) is 0. The fraction of sp³-hybridized carbons (Fsp3) is 0.316. The van der Waals surface area contributed by atoms with Crippen LogP contribution in [0.1, 0.15) is 29.7 Å². The lowest BCUT2D eigenvalue weighted by Crippen LogP contribution is -2.01. The molecule has 1 aliphatic rings. The first kappa shape index (κ1) is 14.7. The molecule has 0 amide bonds. The van der Waals surface area contributed by atoms with Gasteiger partial charge in [-0.3, -0.25) is 4.68 Å². The van der Waals surface area contributed by atoms with Gasteiger partial charge in [0.25, 0.3) is 0 Å². The number of hydrogen-bond donors (Lipinski definition) is 0. The van der Waals surface area contributed by atoms with E-state index in [9.17, 15) is 0 Å². The minimum absolute atomic E-state index is 0.622. The van der Waals surface area contributed by atoms with Crippen LogP contribution >= 0.6 is 0 Å². The van der Waals surface area contributed by atoms with Crippen molar-refractivity contribution in [2.75, 3.05) is 0 Å². The van der Waals surface area contributed by atoms with Gasteiger partial charge in [0.05, 0.1) is 18.4 Å². The average Bonchev–Trinajstić information content (AvgIpc) is 3.14. The van der Waals surface area contributed by atoms with Crippen LogP contribution in [0, 0.1) is 24.7 Å². The van der Waals surface area contributed by atoms with Crippen molar-refractivity contribution in [1.82, 2.24) is 24.8 Å². The number of nitrogens with zero attached hydrogens (tertiary/aromatic N) is 5. The van der Waals surface area contributed by atoms with Gasteiger partial charge in [-0.15, -0.1) is 5.10 Å². The van der Waals surface area contributed by atoms with Gasteiger partial charge in [0.1, 0.15) is 5.69 Å². The van der Waals surface area contributed by atoms with Gasteiger partial charge in [-0.25, -0.2) is 4.68 Å². The molecule has 5 heteroatoms. The molecule has 3 aromatic rings. The van der Waals surface area contributed by atoms with Crippen LogP contribution in [-0.2, 0) is 13.6 Å². The summed E-state index contributed by atoms with van der Waals surface area (Å²) < 4.78 is 3.61. The largest absolute Gasteiger partial charge is 0.275 e. The zero-order chi connectivity index (χ0) is 16.5. The van der Waals surface area contributed by atoms with Gasteiger partial charge < -0.3 is 0 Å². The van der Waals surface area contributed by atoms with Crippen molar-refractivity contribution in [3.8, 4) is 23.1 Å². The van der Waals surface area contributed by atoms with Gasteiger partial charge in [-0.2, -0.15) is 5.10 Å². The third-order valence-corrected chi connectivity index (χ3v) is 4.13. The molecule has 0 saturated heterocycles. The van der Waals surface area contributed by atoms with Crippen molar-refractivity contribution in [3.05, 3.63) is 53.5 Å². The van der Waals surface area contributed by atoms with E-state index in [1.165, 1.54) is 18.4 Å². The van der Waals surface area contributed by atoms with E-state index >= 15 is 0 Å². The van der Waals surface area contributed by atoms with Crippen LogP contribution < -0.4 is 0 Å². The Labute approximate surface area is 141 Å². The second-order valence-corrected chi connectivity index (χ2v) is 6.36. The highest BCUT2D eigenvalue weighted by Crippen LogP contribution is 2.28. The van der Waals surface area contributed by atoms with Crippen molar-refractivity contribution in [2.24, 2.45) is 13.0 Å². The maximum Gasteiger partial charge on any atom is 0.113 e. The first-order valence-electron chi connectivity index (χ1n) is 8.18. The van der Waals surface area contributed by atoms with Crippen LogP contribution in [0.5, 0.6) is 0 Å². The van der Waals surface area contributed by atoms with Crippen LogP contribution in [0.2, 0.25) is 0 Å². The Kier molecular flexibility index (Phi) is 3.66. The third kappa shape index (κ3) is 3.23. The molecule has 2 aromatic heterocycles. The second kappa shape index (κ2) is 5.97. The second-order valence-electron chi connectivity index (χ2n) is 6.36. The Morgan fingerprint density at radius 2 is 2.12 bits per heavy atom. The Bertz CT molecular complexity index is 934. The molecule has 24 heavy (non-hydrogen) atoms. The monoisotopic (exact) mass is 317 g/mol. The summed E-state index contributed by atoms with van der Waals surface area (Å²) in [7, 11) is 1.91. The number of benzene rings is 1. The zero-order valence-electron chi connectivity index (χ0n) is 13.9. The molecule has 0 bridgehead atoms. The smallest absolute Gasteiger partial charge is 0.113 e. The van der Waals surface area contributed by atoms with E-state index < -0.39 is 0 Å². The number of rotatable bonds is 3. The molecule has 0 radical (unpaired) electrons. The SMILES string of the molecule is Cc1cc(C#CC2CC2)ccc1-c1cn(Cc2ccn(C)n2)nn1. The zero-order valence-corrected chi connectivity index (χ0v) is 13.9. The van der Waals surface area contributed by atoms with Crippen molar-refractivity contribution >= 4 is 0 Å². The lowest BCUT2D eigenvalue weighted by Gasteiger charge is -2.02. The van der Waals surface area contributed by atoms with Gasteiger partial charge in [0, 0.05) is 30.3 Å². The van der Waals surface area contributed by atoms with E-state index in [1.54, 1.807) is 4.68 Å². The molecule has 2 heterocycles. The molecule has 0 unspecified atom stereocenters. The minimum atomic E-state index is 0.622. The maximum absolute atomic E-state index is 4.37. The Morgan fingerprint density at radius 3 is 2.83 bits per heavy atom. The summed E-state index contributed by atoms with van der Waals surface area (Å²) in [5.41, 5.74) is 5.19. The van der Waals surface area contributed by atoms with E-state index in [4.69, 9.17) is 0 Å². The summed E-state index contributed by atoms with van der Waals surface area (Å²) in [6, 6.07) is 8.26. The van der Waals surface area contributed by atoms with Gasteiger partial charge in [-0.05, 0) is 43.5 Å². The topological polar surface area (TPSA) is 48.5 Å². The first-order valence-corrected chi connectivity index (χ1v) is 8.18. The highest BCUT2D eigenvalue weighted by molar-refractivity contribution is 5.64. The molecule has 1 saturated carbocycles. The predicted molar refractivity (Wildman–Crippen MR) is 92.1 cm³/mol. The van der Waals surface area contributed by atoms with Crippen LogP contribution in [0.3, 0.4) is 0 Å². The highest BCUT2D eigenvalue weighted by atomic mass is 15.4. The van der Waals surface area contributed by atoms with Gasteiger partial charge in [0.15, 0.2) is 0 Å². The number of aromatic nitrogens is 5. The molecule has 1 aromatic carbocycles. The fourth-order valence-electron chi connectivity index (χ4n) is 2.65. The van der Waals surface area contributed by atoms with Crippen molar-refractivity contribution in [1.29, 1.82) is 0 Å². The summed E-state index contributed by atoms with van der Waals surface area (Å²) in [5, 5.41) is 12.9. The summed E-state index contributed by atoms with van der Waals surface area (Å²) in [5.74, 6) is 7.19. The molecular formula is C19H19N5. The average molecular weight is 317 g/mol. The highest BCUT2D eigenvalue weighted by Gasteiger charge is 2.17. The fourth-order valence-corrected chi connectivity index (χ4v) is 2.65. The summed E-state index contributed by atoms with van der Waals surface area (Å²) >= 11 is 0. The standard InChI is InChI=1S/C19H19N5/c1-14-11-16(6-5-15-3-4-15)7-8-18(14)19-13-24(22-20-19)12-17-9-10-23(2)21-17/h7-11,13,15H,3-4,12H2,1-2H3. The first-order chi connectivity index (χ1) is 11.7. The maximum atomic E-state index is 4.37. The molecule has 4 rings (SSSR count). The number of aryl methyl sites for hydroxylation is 2. The minimum Gasteiger partial charge on any atom is -0.275 e. The van der Waals surface area contributed by atoms with Crippen LogP contribution in [-0.4, -0.2) is 24.8 Å². The molecule has 1 fully saturated rings. The van der Waals surface area contributed by atoms with Gasteiger partial charge in [-0.1, -0.05) is 23.1 Å². The van der Waals surface area contributed by atoms with Crippen molar-refractivity contribution in [3.63, 3.8) is 0 Å². The molecule has 120 valence electrons. The summed E-state index contributed by atoms with van der Waals surface area (Å²) in [6.45, 7) is 2.72. The van der Waals surface area contributed by atoms with Crippen LogP contribution in [0.15, 0.2) is 36.7 Å².